The van der Waals surface area contributed by atoms with E-state index in [2.05, 4.69) is 118 Å². The molecule has 0 saturated carbocycles. The molecule has 0 aromatic carbocycles. The summed E-state index contributed by atoms with van der Waals surface area (Å²) in [5.41, 5.74) is 0. The predicted octanol–water partition coefficient (Wildman–Crippen LogP) is 18.5. The molecule has 67 heavy (non-hydrogen) atoms. The van der Waals surface area contributed by atoms with Gasteiger partial charge in [0.05, 0.1) is 0 Å². The highest BCUT2D eigenvalue weighted by Crippen LogP contribution is 2.13. The van der Waals surface area contributed by atoms with Crippen LogP contribution in [-0.4, -0.2) is 37.2 Å². The van der Waals surface area contributed by atoms with Crippen molar-refractivity contribution >= 4 is 17.9 Å². The van der Waals surface area contributed by atoms with Gasteiger partial charge in [0.15, 0.2) is 6.10 Å². The van der Waals surface area contributed by atoms with Crippen molar-refractivity contribution in [3.8, 4) is 0 Å². The second-order valence-corrected chi connectivity index (χ2v) is 18.1. The van der Waals surface area contributed by atoms with Crippen LogP contribution in [0.25, 0.3) is 0 Å². The summed E-state index contributed by atoms with van der Waals surface area (Å²) in [5, 5.41) is 0. The molecule has 6 nitrogen and oxygen atoms in total. The molecule has 0 fully saturated rings. The van der Waals surface area contributed by atoms with Crippen LogP contribution in [0.1, 0.15) is 252 Å². The molecule has 0 heterocycles. The van der Waals surface area contributed by atoms with Crippen LogP contribution in [0.4, 0.5) is 0 Å². The zero-order valence-corrected chi connectivity index (χ0v) is 43.6. The van der Waals surface area contributed by atoms with Crippen LogP contribution < -0.4 is 0 Å². The lowest BCUT2D eigenvalue weighted by molar-refractivity contribution is -0.167. The number of hydrogen-bond acceptors (Lipinski definition) is 6. The maximum absolute atomic E-state index is 12.8. The first-order valence-electron chi connectivity index (χ1n) is 27.7. The first-order chi connectivity index (χ1) is 33.0. The van der Waals surface area contributed by atoms with E-state index in [1.165, 1.54) is 103 Å². The highest BCUT2D eigenvalue weighted by molar-refractivity contribution is 5.71. The molecule has 0 bridgehead atoms. The summed E-state index contributed by atoms with van der Waals surface area (Å²) in [6.07, 6.45) is 72.5. The first-order valence-corrected chi connectivity index (χ1v) is 27.7. The molecule has 0 aliphatic rings. The van der Waals surface area contributed by atoms with Gasteiger partial charge in [-0.05, 0) is 122 Å². The van der Waals surface area contributed by atoms with Crippen molar-refractivity contribution in [3.63, 3.8) is 0 Å². The summed E-state index contributed by atoms with van der Waals surface area (Å²) >= 11 is 0. The third kappa shape index (κ3) is 53.2. The normalized spacial score (nSPS) is 12.8. The molecule has 0 aromatic rings. The average Bonchev–Trinajstić information content (AvgIpc) is 3.33. The maximum atomic E-state index is 12.8. The van der Waals surface area contributed by atoms with E-state index in [0.717, 1.165) is 103 Å². The van der Waals surface area contributed by atoms with Crippen LogP contribution in [-0.2, 0) is 28.6 Å². The molecule has 0 amide bonds. The van der Waals surface area contributed by atoms with Crippen molar-refractivity contribution < 1.29 is 28.6 Å². The van der Waals surface area contributed by atoms with E-state index in [0.29, 0.717) is 12.8 Å². The monoisotopic (exact) mass is 931 g/mol. The molecule has 0 aromatic heterocycles. The standard InChI is InChI=1S/C61H102O6/c1-4-7-10-13-16-19-22-25-28-30-33-36-39-42-45-48-51-54-60(63)66-57-58(56-65-59(62)53-50-47-44-41-38-35-32-27-24-21-18-15-12-9-6-3)67-61(64)55-52-49-46-43-40-37-34-31-29-26-23-20-17-14-11-8-5-2/h16-17,19-20,25-29,32-34,36-37,42,45,58H,4-15,18,21-24,30-31,35,38-41,43-44,46-57H2,1-3H3/b19-16-,20-17-,28-25-,29-26-,32-27-,36-33-,37-34-,45-42-/t58-/m1/s1. The highest BCUT2D eigenvalue weighted by atomic mass is 16.6. The predicted molar refractivity (Wildman–Crippen MR) is 288 cm³/mol. The minimum atomic E-state index is -0.816. The Kier molecular flexibility index (Phi) is 51.9. The fourth-order valence-electron chi connectivity index (χ4n) is 7.32. The van der Waals surface area contributed by atoms with E-state index < -0.39 is 6.10 Å². The molecule has 0 unspecified atom stereocenters. The number of rotatable bonds is 49. The van der Waals surface area contributed by atoms with E-state index in [9.17, 15) is 14.4 Å². The Morgan fingerprint density at radius 2 is 0.552 bits per heavy atom. The Hall–Kier alpha value is -3.67. The Morgan fingerprint density at radius 1 is 0.299 bits per heavy atom. The van der Waals surface area contributed by atoms with E-state index in [1.54, 1.807) is 0 Å². The van der Waals surface area contributed by atoms with Crippen molar-refractivity contribution in [1.29, 1.82) is 0 Å². The lowest BCUT2D eigenvalue weighted by Gasteiger charge is -2.18. The largest absolute Gasteiger partial charge is 0.462 e. The Labute approximate surface area is 413 Å². The molecule has 0 radical (unpaired) electrons. The van der Waals surface area contributed by atoms with E-state index in [4.69, 9.17) is 14.2 Å². The van der Waals surface area contributed by atoms with Gasteiger partial charge in [0, 0.05) is 19.3 Å². The lowest BCUT2D eigenvalue weighted by atomic mass is 10.1. The van der Waals surface area contributed by atoms with Gasteiger partial charge in [0.1, 0.15) is 13.2 Å². The van der Waals surface area contributed by atoms with Gasteiger partial charge in [-0.1, -0.05) is 208 Å². The smallest absolute Gasteiger partial charge is 0.306 e. The van der Waals surface area contributed by atoms with E-state index >= 15 is 0 Å². The van der Waals surface area contributed by atoms with Gasteiger partial charge < -0.3 is 14.2 Å². The van der Waals surface area contributed by atoms with Crippen LogP contribution in [0.5, 0.6) is 0 Å². The van der Waals surface area contributed by atoms with Crippen LogP contribution in [0.2, 0.25) is 0 Å². The third-order valence-corrected chi connectivity index (χ3v) is 11.5. The van der Waals surface area contributed by atoms with Gasteiger partial charge in [0.25, 0.3) is 0 Å². The van der Waals surface area contributed by atoms with Crippen LogP contribution in [0.3, 0.4) is 0 Å². The third-order valence-electron chi connectivity index (χ3n) is 11.5. The summed E-state index contributed by atoms with van der Waals surface area (Å²) < 4.78 is 16.8. The fraction of sp³-hybridized carbons (Fsp3) is 0.689. The zero-order chi connectivity index (χ0) is 48.6. The Morgan fingerprint density at radius 3 is 0.940 bits per heavy atom. The van der Waals surface area contributed by atoms with Gasteiger partial charge >= 0.3 is 17.9 Å². The van der Waals surface area contributed by atoms with Crippen molar-refractivity contribution in [3.05, 3.63) is 97.2 Å². The summed E-state index contributed by atoms with van der Waals surface area (Å²) in [5.74, 6) is -0.997. The minimum absolute atomic E-state index is 0.109. The van der Waals surface area contributed by atoms with Crippen molar-refractivity contribution in [2.45, 2.75) is 258 Å². The number of carbonyl (C=O) groups excluding carboxylic acids is 3. The quantitative estimate of drug-likeness (QED) is 0.0262. The molecule has 0 N–H and O–H groups in total. The van der Waals surface area contributed by atoms with Gasteiger partial charge in [-0.3, -0.25) is 14.4 Å². The molecular weight excluding hydrogens is 829 g/mol. The Balaban J connectivity index is 4.54. The molecule has 1 atom stereocenters. The molecule has 0 rings (SSSR count). The summed E-state index contributed by atoms with van der Waals surface area (Å²) in [6.45, 7) is 6.50. The van der Waals surface area contributed by atoms with Crippen LogP contribution in [0, 0.1) is 0 Å². The fourth-order valence-corrected chi connectivity index (χ4v) is 7.32. The molecule has 6 heteroatoms. The molecule has 0 spiro atoms. The highest BCUT2D eigenvalue weighted by Gasteiger charge is 2.19. The van der Waals surface area contributed by atoms with Crippen molar-refractivity contribution in [1.82, 2.24) is 0 Å². The molecule has 382 valence electrons. The van der Waals surface area contributed by atoms with Gasteiger partial charge in [0.2, 0.25) is 0 Å². The number of unbranched alkanes of at least 4 members (excludes halogenated alkanes) is 22. The van der Waals surface area contributed by atoms with Crippen molar-refractivity contribution in [2.75, 3.05) is 13.2 Å². The summed E-state index contributed by atoms with van der Waals surface area (Å²) in [4.78, 5) is 38.1. The van der Waals surface area contributed by atoms with Gasteiger partial charge in [-0.2, -0.15) is 0 Å². The van der Waals surface area contributed by atoms with Crippen LogP contribution in [0.15, 0.2) is 97.2 Å². The maximum Gasteiger partial charge on any atom is 0.306 e. The van der Waals surface area contributed by atoms with Gasteiger partial charge in [-0.15, -0.1) is 0 Å². The van der Waals surface area contributed by atoms with E-state index in [1.807, 2.05) is 0 Å². The average molecular weight is 931 g/mol. The number of hydrogen-bond donors (Lipinski definition) is 0. The van der Waals surface area contributed by atoms with Crippen LogP contribution >= 0.6 is 0 Å². The molecule has 0 aliphatic carbocycles. The molecular formula is C61H102O6. The summed E-state index contributed by atoms with van der Waals surface area (Å²) in [6, 6.07) is 0. The molecule has 0 saturated heterocycles. The van der Waals surface area contributed by atoms with Crippen molar-refractivity contribution in [2.24, 2.45) is 0 Å². The molecule has 0 aliphatic heterocycles. The van der Waals surface area contributed by atoms with Gasteiger partial charge in [-0.25, -0.2) is 0 Å². The second-order valence-electron chi connectivity index (χ2n) is 18.1. The SMILES string of the molecule is CCCCC/C=C\C/C=C\C/C=C\C/C=C\CCCC(=O)OC[C@@H](COC(=O)CCCCCCC/C=C\CCCCCCCC)OC(=O)CCCCCC/C=C\C/C=C\C/C=C\CCCCC. The number of carbonyl (C=O) groups is 3. The second kappa shape index (κ2) is 54.9. The summed E-state index contributed by atoms with van der Waals surface area (Å²) in [7, 11) is 0. The first kappa shape index (κ1) is 63.3. The van der Waals surface area contributed by atoms with E-state index in [-0.39, 0.29) is 44.0 Å². The Bertz CT molecular complexity index is 1350. The number of ether oxygens (including phenoxy) is 3. The topological polar surface area (TPSA) is 78.9 Å². The minimum Gasteiger partial charge on any atom is -0.462 e. The number of allylic oxidation sites excluding steroid dienone is 16. The number of esters is 3. The lowest BCUT2D eigenvalue weighted by Crippen LogP contribution is -2.30. The zero-order valence-electron chi connectivity index (χ0n) is 43.6.